The maximum Gasteiger partial charge on any atom is 0.155 e. The molecule has 0 radical (unpaired) electrons. The van der Waals surface area contributed by atoms with Gasteiger partial charge in [0.15, 0.2) is 4.34 Å². The molecule has 0 spiro atoms. The lowest BCUT2D eigenvalue weighted by Gasteiger charge is -1.94. The van der Waals surface area contributed by atoms with Crippen LogP contribution in [0.4, 0.5) is 0 Å². The van der Waals surface area contributed by atoms with Crippen LogP contribution in [0.25, 0.3) is 21.1 Å². The first-order valence-corrected chi connectivity index (χ1v) is 8.02. The highest BCUT2D eigenvalue weighted by Gasteiger charge is 2.10. The second-order valence-electron chi connectivity index (χ2n) is 4.67. The first-order valence-electron chi connectivity index (χ1n) is 6.39. The molecule has 0 saturated heterocycles. The van der Waals surface area contributed by atoms with Crippen molar-refractivity contribution in [1.82, 2.24) is 9.55 Å². The zero-order valence-electron chi connectivity index (χ0n) is 10.9. The average molecular weight is 296 g/mol. The number of aromatic nitrogens is 2. The topological polar surface area (TPSA) is 17.8 Å². The highest BCUT2D eigenvalue weighted by atomic mass is 32.2. The second-order valence-corrected chi connectivity index (χ2v) is 6.99. The minimum absolute atomic E-state index is 1.08. The van der Waals surface area contributed by atoms with Crippen LogP contribution in [0.15, 0.2) is 64.0 Å². The Morgan fingerprint density at radius 2 is 1.85 bits per heavy atom. The van der Waals surface area contributed by atoms with Crippen molar-refractivity contribution in [2.75, 3.05) is 0 Å². The number of rotatable bonds is 2. The highest BCUT2D eigenvalue weighted by molar-refractivity contribution is 8.01. The van der Waals surface area contributed by atoms with Gasteiger partial charge in [0.1, 0.15) is 0 Å². The van der Waals surface area contributed by atoms with Crippen LogP contribution in [0.1, 0.15) is 0 Å². The molecule has 2 nitrogen and oxygen atoms in total. The Morgan fingerprint density at radius 3 is 2.75 bits per heavy atom. The van der Waals surface area contributed by atoms with Crippen molar-refractivity contribution in [3.05, 3.63) is 54.7 Å². The zero-order chi connectivity index (χ0) is 13.5. The quantitative estimate of drug-likeness (QED) is 0.521. The van der Waals surface area contributed by atoms with Crippen molar-refractivity contribution in [3.63, 3.8) is 0 Å². The standard InChI is InChI=1S/C16H12N2S2/c1-18-10-15(11-6-2-4-8-13(11)18)20-16-17-12-7-3-5-9-14(12)19-16/h2-10H,1H3. The van der Waals surface area contributed by atoms with E-state index in [-0.39, 0.29) is 0 Å². The van der Waals surface area contributed by atoms with Crippen molar-refractivity contribution < 1.29 is 0 Å². The average Bonchev–Trinajstić information content (AvgIpc) is 3.01. The third kappa shape index (κ3) is 1.92. The Hall–Kier alpha value is -1.78. The Morgan fingerprint density at radius 1 is 1.05 bits per heavy atom. The van der Waals surface area contributed by atoms with Crippen molar-refractivity contribution in [2.45, 2.75) is 9.24 Å². The summed E-state index contributed by atoms with van der Waals surface area (Å²) in [6, 6.07) is 16.8. The summed E-state index contributed by atoms with van der Waals surface area (Å²) in [5.74, 6) is 0. The summed E-state index contributed by atoms with van der Waals surface area (Å²) in [5.41, 5.74) is 2.34. The van der Waals surface area contributed by atoms with Gasteiger partial charge in [0.05, 0.1) is 10.2 Å². The predicted molar refractivity (Wildman–Crippen MR) is 86.7 cm³/mol. The molecule has 0 bridgehead atoms. The van der Waals surface area contributed by atoms with E-state index in [1.54, 1.807) is 23.1 Å². The Labute approximate surface area is 125 Å². The molecule has 0 aliphatic carbocycles. The van der Waals surface area contributed by atoms with Crippen LogP contribution in [0.5, 0.6) is 0 Å². The molecule has 20 heavy (non-hydrogen) atoms. The van der Waals surface area contributed by atoms with E-state index in [2.05, 4.69) is 60.3 Å². The molecule has 0 fully saturated rings. The molecule has 0 atom stereocenters. The molecule has 98 valence electrons. The zero-order valence-corrected chi connectivity index (χ0v) is 12.5. The number of hydrogen-bond donors (Lipinski definition) is 0. The van der Waals surface area contributed by atoms with Gasteiger partial charge in [0, 0.05) is 29.0 Å². The van der Waals surface area contributed by atoms with E-state index in [0.717, 1.165) is 9.86 Å². The number of hydrogen-bond acceptors (Lipinski definition) is 3. The molecule has 0 aliphatic heterocycles. The van der Waals surface area contributed by atoms with Crippen LogP contribution in [-0.2, 0) is 7.05 Å². The first-order chi connectivity index (χ1) is 9.81. The van der Waals surface area contributed by atoms with Gasteiger partial charge in [-0.2, -0.15) is 0 Å². The molecule has 0 amide bonds. The van der Waals surface area contributed by atoms with Crippen LogP contribution < -0.4 is 0 Å². The Bertz CT molecular complexity index is 872. The van der Waals surface area contributed by atoms with Gasteiger partial charge in [-0.05, 0) is 18.2 Å². The van der Waals surface area contributed by atoms with Gasteiger partial charge in [0.2, 0.25) is 0 Å². The minimum atomic E-state index is 1.08. The number of benzene rings is 2. The predicted octanol–water partition coefficient (Wildman–Crippen LogP) is 4.94. The molecule has 4 rings (SSSR count). The van der Waals surface area contributed by atoms with Gasteiger partial charge in [-0.25, -0.2) is 4.98 Å². The normalized spacial score (nSPS) is 11.4. The maximum absolute atomic E-state index is 4.70. The molecule has 2 aromatic carbocycles. The molecule has 2 aromatic heterocycles. The Balaban J connectivity index is 1.80. The molecule has 2 heterocycles. The third-order valence-corrected chi connectivity index (χ3v) is 5.47. The Kier molecular flexibility index (Phi) is 2.79. The van der Waals surface area contributed by atoms with Gasteiger partial charge in [-0.1, -0.05) is 42.1 Å². The molecule has 0 N–H and O–H groups in total. The van der Waals surface area contributed by atoms with E-state index in [4.69, 9.17) is 4.98 Å². The fourth-order valence-corrected chi connectivity index (χ4v) is 4.60. The van der Waals surface area contributed by atoms with Crippen molar-refractivity contribution in [3.8, 4) is 0 Å². The summed E-state index contributed by atoms with van der Waals surface area (Å²) >= 11 is 3.50. The summed E-state index contributed by atoms with van der Waals surface area (Å²) < 4.78 is 4.52. The van der Waals surface area contributed by atoms with Crippen LogP contribution in [0.3, 0.4) is 0 Å². The molecule has 0 unspecified atom stereocenters. The van der Waals surface area contributed by atoms with Crippen LogP contribution >= 0.6 is 23.1 Å². The molecular formula is C16H12N2S2. The number of nitrogens with zero attached hydrogens (tertiary/aromatic N) is 2. The van der Waals surface area contributed by atoms with Crippen LogP contribution in [0.2, 0.25) is 0 Å². The third-order valence-electron chi connectivity index (χ3n) is 3.33. The molecule has 0 aliphatic rings. The summed E-state index contributed by atoms with van der Waals surface area (Å²) in [6.45, 7) is 0. The molecule has 4 aromatic rings. The van der Waals surface area contributed by atoms with E-state index >= 15 is 0 Å². The first kappa shape index (κ1) is 12.0. The van der Waals surface area contributed by atoms with E-state index in [1.807, 2.05) is 6.07 Å². The van der Waals surface area contributed by atoms with Gasteiger partial charge in [-0.15, -0.1) is 11.3 Å². The lowest BCUT2D eigenvalue weighted by molar-refractivity contribution is 0.957. The smallest absolute Gasteiger partial charge is 0.155 e. The van der Waals surface area contributed by atoms with Gasteiger partial charge in [0.25, 0.3) is 0 Å². The number of para-hydroxylation sites is 2. The summed E-state index contributed by atoms with van der Waals surface area (Å²) in [6.07, 6.45) is 2.18. The van der Waals surface area contributed by atoms with E-state index in [1.165, 1.54) is 20.5 Å². The molecule has 4 heteroatoms. The second kappa shape index (κ2) is 4.65. The van der Waals surface area contributed by atoms with Crippen molar-refractivity contribution in [1.29, 1.82) is 0 Å². The van der Waals surface area contributed by atoms with Gasteiger partial charge < -0.3 is 4.57 Å². The lowest BCUT2D eigenvalue weighted by Crippen LogP contribution is -1.81. The fourth-order valence-electron chi connectivity index (χ4n) is 2.37. The fraction of sp³-hybridized carbons (Fsp3) is 0.0625. The largest absolute Gasteiger partial charge is 0.349 e. The van der Waals surface area contributed by atoms with E-state index < -0.39 is 0 Å². The maximum atomic E-state index is 4.70. The monoisotopic (exact) mass is 296 g/mol. The number of aryl methyl sites for hydroxylation is 1. The summed E-state index contributed by atoms with van der Waals surface area (Å²) in [5, 5.41) is 1.29. The van der Waals surface area contributed by atoms with Crippen molar-refractivity contribution >= 4 is 44.2 Å². The minimum Gasteiger partial charge on any atom is -0.349 e. The summed E-state index contributed by atoms with van der Waals surface area (Å²) in [7, 11) is 2.09. The van der Waals surface area contributed by atoms with E-state index in [9.17, 15) is 0 Å². The summed E-state index contributed by atoms with van der Waals surface area (Å²) in [4.78, 5) is 5.96. The highest BCUT2D eigenvalue weighted by Crippen LogP contribution is 2.38. The molecular weight excluding hydrogens is 284 g/mol. The van der Waals surface area contributed by atoms with Crippen LogP contribution in [-0.4, -0.2) is 9.55 Å². The van der Waals surface area contributed by atoms with Gasteiger partial charge in [-0.3, -0.25) is 0 Å². The van der Waals surface area contributed by atoms with Crippen molar-refractivity contribution in [2.24, 2.45) is 7.05 Å². The number of thiazole rings is 1. The van der Waals surface area contributed by atoms with E-state index in [0.29, 0.717) is 0 Å². The SMILES string of the molecule is Cn1cc(Sc2nc3ccccc3s2)c2ccccc21. The lowest BCUT2D eigenvalue weighted by atomic mass is 10.2. The molecule has 0 saturated carbocycles. The van der Waals surface area contributed by atoms with Crippen LogP contribution in [0, 0.1) is 0 Å². The van der Waals surface area contributed by atoms with Gasteiger partial charge >= 0.3 is 0 Å². The number of fused-ring (bicyclic) bond motifs is 2.